The van der Waals surface area contributed by atoms with Crippen molar-refractivity contribution < 1.29 is 14.7 Å². The molecule has 2 aliphatic heterocycles. The van der Waals surface area contributed by atoms with E-state index < -0.39 is 0 Å². The summed E-state index contributed by atoms with van der Waals surface area (Å²) in [5, 5.41) is 11.7. The van der Waals surface area contributed by atoms with Crippen molar-refractivity contribution in [2.24, 2.45) is 11.8 Å². The molecular formula is C15H29N3O3. The van der Waals surface area contributed by atoms with E-state index in [2.05, 4.69) is 18.7 Å². The first kappa shape index (κ1) is 16.7. The summed E-state index contributed by atoms with van der Waals surface area (Å²) >= 11 is 0. The lowest BCUT2D eigenvalue weighted by Crippen LogP contribution is -2.54. The zero-order valence-corrected chi connectivity index (χ0v) is 13.5. The van der Waals surface area contributed by atoms with Gasteiger partial charge in [-0.3, -0.25) is 4.79 Å². The Morgan fingerprint density at radius 3 is 2.62 bits per heavy atom. The number of hydrogen-bond donors (Lipinski definition) is 1. The maximum absolute atomic E-state index is 12.6. The van der Waals surface area contributed by atoms with Crippen LogP contribution in [0, 0.1) is 11.8 Å². The number of piperidine rings is 1. The summed E-state index contributed by atoms with van der Waals surface area (Å²) in [6, 6.07) is 0.0427. The second-order valence-corrected chi connectivity index (χ2v) is 6.76. The lowest BCUT2D eigenvalue weighted by molar-refractivity contribution is -0.161. The first-order valence-electron chi connectivity index (χ1n) is 7.98. The summed E-state index contributed by atoms with van der Waals surface area (Å²) in [6.45, 7) is 9.08. The zero-order chi connectivity index (χ0) is 15.4. The monoisotopic (exact) mass is 299 g/mol. The van der Waals surface area contributed by atoms with E-state index in [1.807, 2.05) is 11.9 Å². The molecule has 0 aromatic rings. The Labute approximate surface area is 127 Å². The van der Waals surface area contributed by atoms with E-state index in [-0.39, 0.29) is 17.9 Å². The number of rotatable bonds is 4. The highest BCUT2D eigenvalue weighted by molar-refractivity contribution is 5.79. The van der Waals surface area contributed by atoms with Crippen molar-refractivity contribution in [3.05, 3.63) is 0 Å². The fourth-order valence-electron chi connectivity index (χ4n) is 3.25. The number of ether oxygens (including phenoxy) is 1. The summed E-state index contributed by atoms with van der Waals surface area (Å²) in [6.07, 6.45) is 0.740. The lowest BCUT2D eigenvalue weighted by Gasteiger charge is -2.40. The second kappa shape index (κ2) is 7.54. The molecule has 6 nitrogen and oxygen atoms in total. The minimum Gasteiger partial charge on any atom is -0.378 e. The Kier molecular flexibility index (Phi) is 5.98. The quantitative estimate of drug-likeness (QED) is 0.767. The van der Waals surface area contributed by atoms with Gasteiger partial charge in [0.15, 0.2) is 0 Å². The van der Waals surface area contributed by atoms with Gasteiger partial charge in [-0.1, -0.05) is 13.8 Å². The Bertz CT molecular complexity index is 345. The Balaban J connectivity index is 1.94. The average Bonchev–Trinajstić information content (AvgIpc) is 2.46. The predicted molar refractivity (Wildman–Crippen MR) is 80.1 cm³/mol. The molecule has 0 radical (unpaired) electrons. The van der Waals surface area contributed by atoms with Gasteiger partial charge >= 0.3 is 0 Å². The lowest BCUT2D eigenvalue weighted by atomic mass is 9.92. The van der Waals surface area contributed by atoms with Crippen LogP contribution in [0.5, 0.6) is 0 Å². The third kappa shape index (κ3) is 4.64. The molecule has 1 amide bonds. The molecule has 0 aliphatic carbocycles. The molecule has 2 rings (SSSR count). The first-order chi connectivity index (χ1) is 9.97. The first-order valence-corrected chi connectivity index (χ1v) is 7.98. The van der Waals surface area contributed by atoms with E-state index in [1.165, 1.54) is 5.06 Å². The van der Waals surface area contributed by atoms with Crippen molar-refractivity contribution in [2.45, 2.75) is 26.3 Å². The largest absolute Gasteiger partial charge is 0.378 e. The van der Waals surface area contributed by atoms with E-state index in [0.29, 0.717) is 38.8 Å². The van der Waals surface area contributed by atoms with E-state index in [9.17, 15) is 10.0 Å². The van der Waals surface area contributed by atoms with Crippen LogP contribution in [0.4, 0.5) is 0 Å². The van der Waals surface area contributed by atoms with Gasteiger partial charge in [0.05, 0.1) is 19.1 Å². The summed E-state index contributed by atoms with van der Waals surface area (Å²) in [7, 11) is 2.02. The zero-order valence-electron chi connectivity index (χ0n) is 13.5. The molecule has 0 aromatic heterocycles. The third-order valence-corrected chi connectivity index (χ3v) is 4.26. The van der Waals surface area contributed by atoms with Crippen LogP contribution in [0.2, 0.25) is 0 Å². The molecule has 2 aliphatic rings. The predicted octanol–water partition coefficient (Wildman–Crippen LogP) is 0.513. The van der Waals surface area contributed by atoms with Crippen molar-refractivity contribution in [1.82, 2.24) is 14.9 Å². The molecule has 1 N–H and O–H groups in total. The molecule has 2 heterocycles. The van der Waals surface area contributed by atoms with Gasteiger partial charge in [-0.15, -0.1) is 0 Å². The van der Waals surface area contributed by atoms with Gasteiger partial charge in [-0.05, 0) is 19.4 Å². The Morgan fingerprint density at radius 1 is 1.33 bits per heavy atom. The molecule has 2 saturated heterocycles. The molecule has 0 spiro atoms. The fourth-order valence-corrected chi connectivity index (χ4v) is 3.25. The molecule has 0 bridgehead atoms. The van der Waals surface area contributed by atoms with E-state index >= 15 is 0 Å². The normalized spacial score (nSPS) is 28.4. The van der Waals surface area contributed by atoms with Crippen LogP contribution in [0.3, 0.4) is 0 Å². The van der Waals surface area contributed by atoms with Crippen LogP contribution in [0.25, 0.3) is 0 Å². The number of morpholine rings is 1. The standard InChI is InChI=1S/C15H29N3O3/c1-12(2)9-18(20)14-8-13(10-16(3)11-14)15(19)17-4-6-21-7-5-17/h12-14,20H,4-11H2,1-3H3/t13-,14+/m1/s1. The minimum absolute atomic E-state index is 0.0198. The van der Waals surface area contributed by atoms with Crippen LogP contribution in [-0.4, -0.2) is 85.0 Å². The fraction of sp³-hybridized carbons (Fsp3) is 0.933. The van der Waals surface area contributed by atoms with E-state index in [4.69, 9.17) is 4.74 Å². The summed E-state index contributed by atoms with van der Waals surface area (Å²) in [5.74, 6) is 0.608. The topological polar surface area (TPSA) is 56.3 Å². The van der Waals surface area contributed by atoms with Crippen LogP contribution >= 0.6 is 0 Å². The van der Waals surface area contributed by atoms with Crippen LogP contribution < -0.4 is 0 Å². The van der Waals surface area contributed by atoms with Crippen LogP contribution in [-0.2, 0) is 9.53 Å². The van der Waals surface area contributed by atoms with Crippen molar-refractivity contribution in [1.29, 1.82) is 0 Å². The van der Waals surface area contributed by atoms with Gasteiger partial charge in [0.2, 0.25) is 5.91 Å². The SMILES string of the molecule is CC(C)CN(O)[C@H]1C[C@@H](C(=O)N2CCOCC2)CN(C)C1. The van der Waals surface area contributed by atoms with E-state index in [0.717, 1.165) is 19.5 Å². The average molecular weight is 299 g/mol. The van der Waals surface area contributed by atoms with Gasteiger partial charge in [0, 0.05) is 38.8 Å². The summed E-state index contributed by atoms with van der Waals surface area (Å²) in [5.41, 5.74) is 0. The maximum atomic E-state index is 12.6. The smallest absolute Gasteiger partial charge is 0.227 e. The highest BCUT2D eigenvalue weighted by Gasteiger charge is 2.35. The number of amides is 1. The number of likely N-dealkylation sites (tertiary alicyclic amines) is 1. The third-order valence-electron chi connectivity index (χ3n) is 4.26. The highest BCUT2D eigenvalue weighted by Crippen LogP contribution is 2.22. The van der Waals surface area contributed by atoms with Crippen LogP contribution in [0.15, 0.2) is 0 Å². The van der Waals surface area contributed by atoms with Crippen molar-refractivity contribution >= 4 is 5.91 Å². The molecule has 2 atom stereocenters. The Morgan fingerprint density at radius 2 is 2.00 bits per heavy atom. The minimum atomic E-state index is -0.0198. The van der Waals surface area contributed by atoms with Gasteiger partial charge < -0.3 is 19.7 Å². The molecule has 122 valence electrons. The molecule has 0 aromatic carbocycles. The van der Waals surface area contributed by atoms with Crippen molar-refractivity contribution in [3.63, 3.8) is 0 Å². The number of carbonyl (C=O) groups excluding carboxylic acids is 1. The van der Waals surface area contributed by atoms with Crippen molar-refractivity contribution in [2.75, 3.05) is 53.0 Å². The number of likely N-dealkylation sites (N-methyl/N-ethyl adjacent to an activating group) is 1. The Hall–Kier alpha value is -0.690. The number of nitrogens with zero attached hydrogens (tertiary/aromatic N) is 3. The molecule has 0 saturated carbocycles. The number of hydrogen-bond acceptors (Lipinski definition) is 5. The number of hydroxylamine groups is 2. The highest BCUT2D eigenvalue weighted by atomic mass is 16.5. The van der Waals surface area contributed by atoms with Gasteiger partial charge in [0.25, 0.3) is 0 Å². The second-order valence-electron chi connectivity index (χ2n) is 6.76. The van der Waals surface area contributed by atoms with Gasteiger partial charge in [-0.2, -0.15) is 5.06 Å². The van der Waals surface area contributed by atoms with Gasteiger partial charge in [0.1, 0.15) is 0 Å². The maximum Gasteiger partial charge on any atom is 0.227 e. The molecular weight excluding hydrogens is 270 g/mol. The molecule has 0 unspecified atom stereocenters. The van der Waals surface area contributed by atoms with E-state index in [1.54, 1.807) is 0 Å². The molecule has 6 heteroatoms. The molecule has 21 heavy (non-hydrogen) atoms. The van der Waals surface area contributed by atoms with Crippen molar-refractivity contribution in [3.8, 4) is 0 Å². The van der Waals surface area contributed by atoms with Crippen LogP contribution in [0.1, 0.15) is 20.3 Å². The number of carbonyl (C=O) groups is 1. The summed E-state index contributed by atoms with van der Waals surface area (Å²) < 4.78 is 5.31. The summed E-state index contributed by atoms with van der Waals surface area (Å²) in [4.78, 5) is 16.7. The van der Waals surface area contributed by atoms with Gasteiger partial charge in [-0.25, -0.2) is 0 Å². The molecule has 2 fully saturated rings.